The first-order valence-corrected chi connectivity index (χ1v) is 14.3. The molecule has 202 valence electrons. The molecule has 0 spiro atoms. The quantitative estimate of drug-likeness (QED) is 0.442. The Hall–Kier alpha value is -3.19. The van der Waals surface area contributed by atoms with E-state index < -0.39 is 5.60 Å². The van der Waals surface area contributed by atoms with Crippen LogP contribution in [-0.2, 0) is 0 Å². The van der Waals surface area contributed by atoms with Gasteiger partial charge in [-0.1, -0.05) is 37.6 Å². The minimum Gasteiger partial charge on any atom is -0.390 e. The van der Waals surface area contributed by atoms with Crippen LogP contribution in [0.2, 0.25) is 0 Å². The summed E-state index contributed by atoms with van der Waals surface area (Å²) in [6.45, 7) is 10.4. The molecule has 3 heterocycles. The molecule has 1 saturated heterocycles. The molecule has 2 fully saturated rings. The molecule has 5 rings (SSSR count). The monoisotopic (exact) mass is 514 g/mol. The summed E-state index contributed by atoms with van der Waals surface area (Å²) in [5.74, 6) is 1.96. The highest BCUT2D eigenvalue weighted by atomic mass is 16.3. The Labute approximate surface area is 226 Å². The fourth-order valence-electron chi connectivity index (χ4n) is 5.49. The number of aliphatic hydroxyl groups is 1. The number of anilines is 2. The lowest BCUT2D eigenvalue weighted by Gasteiger charge is -2.34. The molecule has 3 aliphatic rings. The van der Waals surface area contributed by atoms with E-state index in [4.69, 9.17) is 15.1 Å². The molecule has 38 heavy (non-hydrogen) atoms. The molecule has 0 amide bonds. The number of nitrogens with one attached hydrogen (secondary N) is 1. The molecule has 2 aromatic heterocycles. The van der Waals surface area contributed by atoms with Crippen molar-refractivity contribution in [3.8, 4) is 0 Å². The van der Waals surface area contributed by atoms with E-state index in [1.54, 1.807) is 0 Å². The zero-order valence-electron chi connectivity index (χ0n) is 23.4. The second kappa shape index (κ2) is 11.3. The lowest BCUT2D eigenvalue weighted by molar-refractivity contribution is 0.0196. The van der Waals surface area contributed by atoms with Crippen LogP contribution in [-0.4, -0.2) is 50.1 Å². The van der Waals surface area contributed by atoms with E-state index in [1.165, 1.54) is 12.8 Å². The highest BCUT2D eigenvalue weighted by molar-refractivity contribution is 6.13. The average molecular weight is 515 g/mol. The molecule has 7 heteroatoms. The Morgan fingerprint density at radius 1 is 1.16 bits per heavy atom. The first-order chi connectivity index (χ1) is 18.3. The topological polar surface area (TPSA) is 78.0 Å². The molecule has 2 N–H and O–H groups in total. The van der Waals surface area contributed by atoms with Crippen molar-refractivity contribution in [2.24, 2.45) is 4.99 Å². The summed E-state index contributed by atoms with van der Waals surface area (Å²) in [7, 11) is 0. The highest BCUT2D eigenvalue weighted by Crippen LogP contribution is 2.32. The molecular weight excluding hydrogens is 472 g/mol. The van der Waals surface area contributed by atoms with E-state index in [2.05, 4.69) is 67.4 Å². The normalized spacial score (nSPS) is 25.6. The second-order valence-electron chi connectivity index (χ2n) is 11.4. The zero-order valence-corrected chi connectivity index (χ0v) is 23.4. The van der Waals surface area contributed by atoms with E-state index in [9.17, 15) is 5.11 Å². The molecule has 1 saturated carbocycles. The number of hydrogen-bond acceptors (Lipinski definition) is 6. The Morgan fingerprint density at radius 2 is 1.89 bits per heavy atom. The van der Waals surface area contributed by atoms with E-state index in [-0.39, 0.29) is 0 Å². The smallest absolute Gasteiger partial charge is 0.160 e. The molecule has 0 bridgehead atoms. The summed E-state index contributed by atoms with van der Waals surface area (Å²) >= 11 is 0. The predicted octanol–water partition coefficient (Wildman–Crippen LogP) is 6.48. The number of fused-ring (bicyclic) bond motifs is 1. The third-order valence-electron chi connectivity index (χ3n) is 7.80. The van der Waals surface area contributed by atoms with Crippen molar-refractivity contribution in [1.29, 1.82) is 0 Å². The Kier molecular flexibility index (Phi) is 7.84. The summed E-state index contributed by atoms with van der Waals surface area (Å²) in [6, 6.07) is 4.52. The number of aliphatic imine (C=N–C) groups is 1. The fraction of sp³-hybridized carbons (Fsp3) is 0.516. The number of rotatable bonds is 7. The van der Waals surface area contributed by atoms with Gasteiger partial charge < -0.3 is 15.3 Å². The van der Waals surface area contributed by atoms with Crippen LogP contribution in [0.15, 0.2) is 58.7 Å². The largest absolute Gasteiger partial charge is 0.390 e. The van der Waals surface area contributed by atoms with Crippen LogP contribution < -0.4 is 10.2 Å². The van der Waals surface area contributed by atoms with Gasteiger partial charge in [-0.25, -0.2) is 9.98 Å². The minimum atomic E-state index is -0.559. The Bertz CT molecular complexity index is 1310. The number of unbranched alkanes of at least 4 members (excludes halogenated alkanes) is 1. The Morgan fingerprint density at radius 3 is 2.61 bits per heavy atom. The van der Waals surface area contributed by atoms with Gasteiger partial charge in [0.05, 0.1) is 17.0 Å². The molecule has 1 aliphatic heterocycles. The van der Waals surface area contributed by atoms with Crippen molar-refractivity contribution < 1.29 is 5.11 Å². The van der Waals surface area contributed by atoms with Gasteiger partial charge in [-0.15, -0.1) is 0 Å². The summed E-state index contributed by atoms with van der Waals surface area (Å²) in [6.07, 6.45) is 18.6. The number of hydrogen-bond donors (Lipinski definition) is 2. The van der Waals surface area contributed by atoms with Crippen LogP contribution in [0.3, 0.4) is 0 Å². The van der Waals surface area contributed by atoms with Gasteiger partial charge in [-0.3, -0.25) is 0 Å². The van der Waals surface area contributed by atoms with E-state index in [1.807, 2.05) is 17.5 Å². The lowest BCUT2D eigenvalue weighted by atomic mass is 9.84. The summed E-state index contributed by atoms with van der Waals surface area (Å²) in [5, 5.41) is 19.2. The van der Waals surface area contributed by atoms with Gasteiger partial charge in [0.15, 0.2) is 5.65 Å². The Balaban J connectivity index is 1.53. The van der Waals surface area contributed by atoms with Crippen molar-refractivity contribution in [1.82, 2.24) is 14.6 Å². The van der Waals surface area contributed by atoms with Crippen LogP contribution in [0, 0.1) is 0 Å². The minimum absolute atomic E-state index is 0.300. The van der Waals surface area contributed by atoms with Crippen molar-refractivity contribution in [2.75, 3.05) is 23.3 Å². The van der Waals surface area contributed by atoms with Gasteiger partial charge in [0.25, 0.3) is 0 Å². The van der Waals surface area contributed by atoms with Crippen LogP contribution in [0.5, 0.6) is 0 Å². The van der Waals surface area contributed by atoms with Crippen molar-refractivity contribution in [3.05, 3.63) is 59.4 Å². The van der Waals surface area contributed by atoms with Gasteiger partial charge >= 0.3 is 0 Å². The molecular formula is C31H42N6O. The number of allylic oxidation sites excluding steroid dienone is 7. The molecule has 2 aliphatic carbocycles. The number of aromatic nitrogens is 3. The van der Waals surface area contributed by atoms with Crippen LogP contribution >= 0.6 is 0 Å². The van der Waals surface area contributed by atoms with E-state index in [0.29, 0.717) is 6.04 Å². The fourth-order valence-corrected chi connectivity index (χ4v) is 5.49. The third kappa shape index (κ3) is 5.93. The van der Waals surface area contributed by atoms with Crippen molar-refractivity contribution in [2.45, 2.75) is 90.7 Å². The molecule has 2 aromatic rings. The molecule has 0 atom stereocenters. The highest BCUT2D eigenvalue weighted by Gasteiger charge is 2.29. The van der Waals surface area contributed by atoms with Crippen molar-refractivity contribution in [3.63, 3.8) is 0 Å². The van der Waals surface area contributed by atoms with Gasteiger partial charge in [-0.05, 0) is 82.9 Å². The maximum absolute atomic E-state index is 10.4. The van der Waals surface area contributed by atoms with E-state index in [0.717, 1.165) is 97.1 Å². The maximum atomic E-state index is 10.4. The van der Waals surface area contributed by atoms with Crippen molar-refractivity contribution >= 4 is 28.7 Å². The second-order valence-corrected chi connectivity index (χ2v) is 11.4. The molecule has 0 radical (unpaired) electrons. The van der Waals surface area contributed by atoms with Gasteiger partial charge in [-0.2, -0.15) is 9.61 Å². The van der Waals surface area contributed by atoms with Crippen LogP contribution in [0.1, 0.15) is 84.8 Å². The standard InChI is InChI=1S/C31H42N6O/c1-5-6-11-23-12-7-8-13-25(23)33-30(22(2)3)26-20-28-34-27(36-18-9-10-19-36)21-29(37(28)35-26)32-24-14-16-31(4,38)17-15-24/h7-8,11-13,20-21,24,32,38H,5-6,9-10,14-19H2,1-4H3/b23-11+,33-25-/t24-,31+. The predicted molar refractivity (Wildman–Crippen MR) is 158 cm³/mol. The first-order valence-electron chi connectivity index (χ1n) is 14.3. The maximum Gasteiger partial charge on any atom is 0.160 e. The number of nitrogens with zero attached hydrogens (tertiary/aromatic N) is 5. The SMILES string of the molecule is CCC/C=C1\C=CC=C\C1=N\C(=C(C)C)c1cc2nc(N3CCCC3)cc(N[C@H]3CC[C@@](C)(O)CC3)n2n1. The molecule has 0 aromatic carbocycles. The lowest BCUT2D eigenvalue weighted by Crippen LogP contribution is -2.36. The van der Waals surface area contributed by atoms with E-state index >= 15 is 0 Å². The van der Waals surface area contributed by atoms with Crippen LogP contribution in [0.25, 0.3) is 11.3 Å². The van der Waals surface area contributed by atoms with Crippen LogP contribution in [0.4, 0.5) is 11.6 Å². The first kappa shape index (κ1) is 26.4. The third-order valence-corrected chi connectivity index (χ3v) is 7.80. The summed E-state index contributed by atoms with van der Waals surface area (Å²) < 4.78 is 1.94. The van der Waals surface area contributed by atoms with Gasteiger partial charge in [0.1, 0.15) is 17.3 Å². The van der Waals surface area contributed by atoms with Gasteiger partial charge in [0.2, 0.25) is 0 Å². The molecule has 0 unspecified atom stereocenters. The zero-order chi connectivity index (χ0) is 26.7. The average Bonchev–Trinajstić information content (AvgIpc) is 3.58. The summed E-state index contributed by atoms with van der Waals surface area (Å²) in [5.41, 5.74) is 5.22. The summed E-state index contributed by atoms with van der Waals surface area (Å²) in [4.78, 5) is 12.5. The van der Waals surface area contributed by atoms with Gasteiger partial charge in [0, 0.05) is 31.3 Å². The molecule has 7 nitrogen and oxygen atoms in total.